The lowest BCUT2D eigenvalue weighted by molar-refractivity contribution is -0.140. The van der Waals surface area contributed by atoms with Crippen LogP contribution in [0.2, 0.25) is 0 Å². The first-order valence-corrected chi connectivity index (χ1v) is 6.53. The Bertz CT molecular complexity index is 376. The third-order valence-electron chi connectivity index (χ3n) is 2.84. The maximum atomic E-state index is 11.9. The Balaban J connectivity index is 2.99. The summed E-state index contributed by atoms with van der Waals surface area (Å²) in [6, 6.07) is 0. The molecule has 106 valence electrons. The third-order valence-corrected chi connectivity index (χ3v) is 2.84. The fourth-order valence-electron chi connectivity index (χ4n) is 2.09. The Labute approximate surface area is 113 Å². The summed E-state index contributed by atoms with van der Waals surface area (Å²) in [6.45, 7) is 8.02. The smallest absolute Gasteiger partial charge is 0.336 e. The molecule has 5 nitrogen and oxygen atoms in total. The van der Waals surface area contributed by atoms with E-state index in [4.69, 9.17) is 9.47 Å². The molecule has 0 atom stereocenters. The van der Waals surface area contributed by atoms with E-state index in [-0.39, 0.29) is 11.8 Å². The van der Waals surface area contributed by atoms with Crippen molar-refractivity contribution >= 4 is 11.9 Å². The molecule has 0 fully saturated rings. The van der Waals surface area contributed by atoms with E-state index in [0.29, 0.717) is 24.4 Å². The Morgan fingerprint density at radius 2 is 1.53 bits per heavy atom. The van der Waals surface area contributed by atoms with Crippen molar-refractivity contribution in [3.63, 3.8) is 0 Å². The summed E-state index contributed by atoms with van der Waals surface area (Å²) in [5.41, 5.74) is 0.921. The number of dihydropyridines is 1. The first-order valence-electron chi connectivity index (χ1n) is 6.53. The lowest BCUT2D eigenvalue weighted by atomic mass is 9.81. The van der Waals surface area contributed by atoms with Gasteiger partial charge in [0.25, 0.3) is 0 Å². The summed E-state index contributed by atoms with van der Waals surface area (Å²) in [7, 11) is 0. The molecule has 0 aromatic rings. The average molecular weight is 267 g/mol. The number of ether oxygens (including phenoxy) is 2. The van der Waals surface area contributed by atoms with E-state index < -0.39 is 11.9 Å². The fourth-order valence-corrected chi connectivity index (χ4v) is 2.09. The van der Waals surface area contributed by atoms with Gasteiger partial charge in [-0.1, -0.05) is 13.8 Å². The Hall–Kier alpha value is -1.78. The summed E-state index contributed by atoms with van der Waals surface area (Å²) in [5.74, 6) is -1.01. The Kier molecular flexibility index (Phi) is 5.60. The summed E-state index contributed by atoms with van der Waals surface area (Å²) in [5, 5.41) is 2.82. The topological polar surface area (TPSA) is 64.6 Å². The van der Waals surface area contributed by atoms with Crippen LogP contribution in [0.15, 0.2) is 23.5 Å². The highest BCUT2D eigenvalue weighted by atomic mass is 16.5. The van der Waals surface area contributed by atoms with Crippen molar-refractivity contribution in [2.45, 2.75) is 27.7 Å². The minimum Gasteiger partial charge on any atom is -0.463 e. The van der Waals surface area contributed by atoms with Gasteiger partial charge in [-0.25, -0.2) is 9.59 Å². The van der Waals surface area contributed by atoms with Crippen LogP contribution in [0, 0.1) is 11.8 Å². The van der Waals surface area contributed by atoms with Crippen LogP contribution in [0.4, 0.5) is 0 Å². The molecule has 0 aliphatic carbocycles. The van der Waals surface area contributed by atoms with Gasteiger partial charge in [-0.15, -0.1) is 0 Å². The maximum absolute atomic E-state index is 11.9. The first-order chi connectivity index (χ1) is 9.02. The minimum absolute atomic E-state index is 0.0911. The highest BCUT2D eigenvalue weighted by Gasteiger charge is 2.34. The quantitative estimate of drug-likeness (QED) is 0.769. The molecule has 0 amide bonds. The monoisotopic (exact) mass is 267 g/mol. The molecule has 1 aliphatic rings. The SMILES string of the molecule is CCOC(=O)C1=CNC=C(C(=O)OCC)C1C(C)C. The highest BCUT2D eigenvalue weighted by molar-refractivity contribution is 5.96. The second-order valence-corrected chi connectivity index (χ2v) is 4.53. The molecule has 0 radical (unpaired) electrons. The van der Waals surface area contributed by atoms with Crippen molar-refractivity contribution in [3.05, 3.63) is 23.5 Å². The van der Waals surface area contributed by atoms with Gasteiger partial charge in [-0.3, -0.25) is 0 Å². The predicted octanol–water partition coefficient (Wildman–Crippen LogP) is 1.76. The zero-order chi connectivity index (χ0) is 14.4. The number of nitrogens with one attached hydrogen (secondary N) is 1. The highest BCUT2D eigenvalue weighted by Crippen LogP contribution is 2.31. The van der Waals surface area contributed by atoms with E-state index in [1.165, 1.54) is 0 Å². The van der Waals surface area contributed by atoms with Crippen LogP contribution in [0.3, 0.4) is 0 Å². The van der Waals surface area contributed by atoms with Crippen molar-refractivity contribution in [2.75, 3.05) is 13.2 Å². The number of carbonyl (C=O) groups is 2. The molecule has 0 unspecified atom stereocenters. The van der Waals surface area contributed by atoms with Crippen LogP contribution in [-0.4, -0.2) is 25.2 Å². The molecule has 0 spiro atoms. The molecule has 5 heteroatoms. The number of hydrogen-bond donors (Lipinski definition) is 1. The van der Waals surface area contributed by atoms with Crippen molar-refractivity contribution in [2.24, 2.45) is 11.8 Å². The summed E-state index contributed by atoms with van der Waals surface area (Å²) in [4.78, 5) is 23.9. The number of esters is 2. The lowest BCUT2D eigenvalue weighted by Gasteiger charge is -2.27. The first kappa shape index (κ1) is 15.3. The van der Waals surface area contributed by atoms with Crippen LogP contribution in [0.1, 0.15) is 27.7 Å². The van der Waals surface area contributed by atoms with Gasteiger partial charge in [0, 0.05) is 18.3 Å². The van der Waals surface area contributed by atoms with Crippen LogP contribution in [0.25, 0.3) is 0 Å². The summed E-state index contributed by atoms with van der Waals surface area (Å²) < 4.78 is 10.0. The van der Waals surface area contributed by atoms with Gasteiger partial charge in [0.2, 0.25) is 0 Å². The molecular weight excluding hydrogens is 246 g/mol. The fraction of sp³-hybridized carbons (Fsp3) is 0.571. The van der Waals surface area contributed by atoms with Crippen LogP contribution >= 0.6 is 0 Å². The summed E-state index contributed by atoms with van der Waals surface area (Å²) in [6.07, 6.45) is 3.18. The zero-order valence-electron chi connectivity index (χ0n) is 11.9. The van der Waals surface area contributed by atoms with Gasteiger partial charge >= 0.3 is 11.9 Å². The maximum Gasteiger partial charge on any atom is 0.336 e. The van der Waals surface area contributed by atoms with Gasteiger partial charge in [-0.2, -0.15) is 0 Å². The molecule has 1 N–H and O–H groups in total. The molecule has 1 rings (SSSR count). The molecular formula is C14H21NO4. The van der Waals surface area contributed by atoms with E-state index in [1.54, 1.807) is 26.2 Å². The van der Waals surface area contributed by atoms with Crippen molar-refractivity contribution < 1.29 is 19.1 Å². The lowest BCUT2D eigenvalue weighted by Crippen LogP contribution is -2.31. The van der Waals surface area contributed by atoms with Crippen LogP contribution in [0.5, 0.6) is 0 Å². The van der Waals surface area contributed by atoms with Crippen molar-refractivity contribution in [1.82, 2.24) is 5.32 Å². The normalized spacial score (nSPS) is 15.4. The second kappa shape index (κ2) is 6.97. The number of hydrogen-bond acceptors (Lipinski definition) is 5. The second-order valence-electron chi connectivity index (χ2n) is 4.53. The molecule has 19 heavy (non-hydrogen) atoms. The van der Waals surface area contributed by atoms with E-state index >= 15 is 0 Å². The minimum atomic E-state index is -0.399. The molecule has 0 bridgehead atoms. The predicted molar refractivity (Wildman–Crippen MR) is 70.9 cm³/mol. The van der Waals surface area contributed by atoms with Gasteiger partial charge in [0.1, 0.15) is 0 Å². The van der Waals surface area contributed by atoms with E-state index in [1.807, 2.05) is 13.8 Å². The average Bonchev–Trinajstić information content (AvgIpc) is 2.38. The van der Waals surface area contributed by atoms with Crippen LogP contribution in [-0.2, 0) is 19.1 Å². The van der Waals surface area contributed by atoms with E-state index in [2.05, 4.69) is 5.32 Å². The van der Waals surface area contributed by atoms with Crippen molar-refractivity contribution in [1.29, 1.82) is 0 Å². The van der Waals surface area contributed by atoms with Crippen molar-refractivity contribution in [3.8, 4) is 0 Å². The standard InChI is InChI=1S/C14H21NO4/c1-5-18-13(16)10-7-15-8-11(12(10)9(3)4)14(17)19-6-2/h7-9,12,15H,5-6H2,1-4H3. The Morgan fingerprint density at radius 3 is 1.84 bits per heavy atom. The molecule has 0 aromatic heterocycles. The third kappa shape index (κ3) is 3.59. The van der Waals surface area contributed by atoms with Gasteiger partial charge in [0.05, 0.1) is 24.4 Å². The summed E-state index contributed by atoms with van der Waals surface area (Å²) >= 11 is 0. The van der Waals surface area contributed by atoms with Gasteiger partial charge < -0.3 is 14.8 Å². The molecule has 1 heterocycles. The Morgan fingerprint density at radius 1 is 1.11 bits per heavy atom. The molecule has 1 aliphatic heterocycles. The zero-order valence-corrected chi connectivity index (χ0v) is 11.9. The molecule has 0 aromatic carbocycles. The van der Waals surface area contributed by atoms with Gasteiger partial charge in [-0.05, 0) is 19.8 Å². The van der Waals surface area contributed by atoms with E-state index in [0.717, 1.165) is 0 Å². The number of carbonyl (C=O) groups excluding carboxylic acids is 2. The van der Waals surface area contributed by atoms with Gasteiger partial charge in [0.15, 0.2) is 0 Å². The number of rotatable bonds is 5. The molecule has 0 saturated carbocycles. The van der Waals surface area contributed by atoms with E-state index in [9.17, 15) is 9.59 Å². The van der Waals surface area contributed by atoms with Crippen LogP contribution < -0.4 is 5.32 Å². The largest absolute Gasteiger partial charge is 0.463 e. The molecule has 0 saturated heterocycles.